The third-order valence-corrected chi connectivity index (χ3v) is 3.83. The van der Waals surface area contributed by atoms with Crippen molar-refractivity contribution in [2.75, 3.05) is 6.54 Å². The molecule has 0 bridgehead atoms. The number of hydrogen-bond donors (Lipinski definition) is 1. The number of fused-ring (bicyclic) bond motifs is 3. The molecule has 1 N–H and O–H groups in total. The van der Waals surface area contributed by atoms with Crippen molar-refractivity contribution in [1.82, 2.24) is 5.32 Å². The molecule has 3 rings (SSSR count). The summed E-state index contributed by atoms with van der Waals surface area (Å²) in [6.45, 7) is 5.39. The second kappa shape index (κ2) is 5.68. The van der Waals surface area contributed by atoms with Crippen LogP contribution in [0, 0.1) is 0 Å². The van der Waals surface area contributed by atoms with E-state index < -0.39 is 0 Å². The Morgan fingerprint density at radius 1 is 1.00 bits per heavy atom. The molecule has 1 aromatic heterocycles. The Morgan fingerprint density at radius 3 is 2.60 bits per heavy atom. The Labute approximate surface area is 119 Å². The standard InChI is InChI=1S/C18H21NO/c1-3-7-16(19-4-2)13-10-11-18-15(12-13)14-8-5-6-9-17(14)20-18/h5-6,8-12,16,19H,3-4,7H2,1-2H3. The Morgan fingerprint density at radius 2 is 1.80 bits per heavy atom. The lowest BCUT2D eigenvalue weighted by atomic mass is 10.00. The molecule has 1 unspecified atom stereocenters. The van der Waals surface area contributed by atoms with Crippen LogP contribution >= 0.6 is 0 Å². The number of benzene rings is 2. The summed E-state index contributed by atoms with van der Waals surface area (Å²) in [4.78, 5) is 0. The van der Waals surface area contributed by atoms with Gasteiger partial charge < -0.3 is 9.73 Å². The fourth-order valence-corrected chi connectivity index (χ4v) is 2.88. The molecular weight excluding hydrogens is 246 g/mol. The van der Waals surface area contributed by atoms with Gasteiger partial charge in [-0.25, -0.2) is 0 Å². The molecule has 0 amide bonds. The predicted molar refractivity (Wildman–Crippen MR) is 85.0 cm³/mol. The minimum Gasteiger partial charge on any atom is -0.456 e. The highest BCUT2D eigenvalue weighted by atomic mass is 16.3. The smallest absolute Gasteiger partial charge is 0.135 e. The third kappa shape index (κ3) is 2.32. The van der Waals surface area contributed by atoms with E-state index in [9.17, 15) is 0 Å². The Hall–Kier alpha value is -1.80. The van der Waals surface area contributed by atoms with Crippen molar-refractivity contribution in [2.45, 2.75) is 32.7 Å². The number of rotatable bonds is 5. The zero-order valence-electron chi connectivity index (χ0n) is 12.1. The van der Waals surface area contributed by atoms with Crippen molar-refractivity contribution in [1.29, 1.82) is 0 Å². The van der Waals surface area contributed by atoms with Gasteiger partial charge in [-0.15, -0.1) is 0 Å². The van der Waals surface area contributed by atoms with Crippen LogP contribution in [0.5, 0.6) is 0 Å². The van der Waals surface area contributed by atoms with Gasteiger partial charge >= 0.3 is 0 Å². The molecule has 0 spiro atoms. The van der Waals surface area contributed by atoms with Crippen LogP contribution in [0.15, 0.2) is 46.9 Å². The van der Waals surface area contributed by atoms with Gasteiger partial charge in [-0.05, 0) is 36.7 Å². The molecule has 2 aromatic carbocycles. The third-order valence-electron chi connectivity index (χ3n) is 3.83. The molecule has 1 heterocycles. The van der Waals surface area contributed by atoms with Crippen LogP contribution in [0.2, 0.25) is 0 Å². The average Bonchev–Trinajstić information content (AvgIpc) is 2.85. The van der Waals surface area contributed by atoms with Crippen molar-refractivity contribution in [3.63, 3.8) is 0 Å². The van der Waals surface area contributed by atoms with E-state index in [2.05, 4.69) is 49.5 Å². The first-order valence-corrected chi connectivity index (χ1v) is 7.48. The molecule has 2 nitrogen and oxygen atoms in total. The number of para-hydroxylation sites is 1. The van der Waals surface area contributed by atoms with Gasteiger partial charge in [0.15, 0.2) is 0 Å². The topological polar surface area (TPSA) is 25.2 Å². The summed E-state index contributed by atoms with van der Waals surface area (Å²) in [6, 6.07) is 15.3. The summed E-state index contributed by atoms with van der Waals surface area (Å²) in [5.74, 6) is 0. The van der Waals surface area contributed by atoms with E-state index in [4.69, 9.17) is 4.42 Å². The van der Waals surface area contributed by atoms with Gasteiger partial charge in [0, 0.05) is 16.8 Å². The number of nitrogens with one attached hydrogen (secondary N) is 1. The summed E-state index contributed by atoms with van der Waals surface area (Å²) < 4.78 is 5.89. The van der Waals surface area contributed by atoms with E-state index in [0.717, 1.165) is 24.1 Å². The molecule has 0 saturated heterocycles. The van der Waals surface area contributed by atoms with E-state index in [-0.39, 0.29) is 0 Å². The first-order chi connectivity index (χ1) is 9.83. The minimum absolute atomic E-state index is 0.433. The number of furan rings is 1. The first kappa shape index (κ1) is 13.2. The molecule has 0 radical (unpaired) electrons. The molecule has 0 aliphatic carbocycles. The van der Waals surface area contributed by atoms with Crippen LogP contribution in [-0.4, -0.2) is 6.54 Å². The molecule has 0 saturated carbocycles. The number of hydrogen-bond acceptors (Lipinski definition) is 2. The first-order valence-electron chi connectivity index (χ1n) is 7.48. The molecular formula is C18H21NO. The van der Waals surface area contributed by atoms with E-state index in [1.807, 2.05) is 12.1 Å². The molecule has 1 atom stereocenters. The highest BCUT2D eigenvalue weighted by Crippen LogP contribution is 2.31. The maximum Gasteiger partial charge on any atom is 0.135 e. The lowest BCUT2D eigenvalue weighted by Crippen LogP contribution is -2.20. The monoisotopic (exact) mass is 267 g/mol. The summed E-state index contributed by atoms with van der Waals surface area (Å²) in [7, 11) is 0. The quantitative estimate of drug-likeness (QED) is 0.700. The summed E-state index contributed by atoms with van der Waals surface area (Å²) in [6.07, 6.45) is 2.34. The largest absolute Gasteiger partial charge is 0.456 e. The fraction of sp³-hybridized carbons (Fsp3) is 0.333. The minimum atomic E-state index is 0.433. The Balaban J connectivity index is 2.10. The lowest BCUT2D eigenvalue weighted by molar-refractivity contribution is 0.509. The second-order valence-corrected chi connectivity index (χ2v) is 5.25. The molecule has 3 aromatic rings. The molecule has 0 aliphatic rings. The van der Waals surface area contributed by atoms with Crippen LogP contribution in [0.1, 0.15) is 38.3 Å². The summed E-state index contributed by atoms with van der Waals surface area (Å²) >= 11 is 0. The molecule has 0 fully saturated rings. The van der Waals surface area contributed by atoms with Crippen molar-refractivity contribution < 1.29 is 4.42 Å². The maximum absolute atomic E-state index is 5.89. The zero-order chi connectivity index (χ0) is 13.9. The van der Waals surface area contributed by atoms with Crippen molar-refractivity contribution in [2.24, 2.45) is 0 Å². The SMILES string of the molecule is CCCC(NCC)c1ccc2oc3ccccc3c2c1. The molecule has 20 heavy (non-hydrogen) atoms. The molecule has 104 valence electrons. The maximum atomic E-state index is 5.89. The van der Waals surface area contributed by atoms with Crippen LogP contribution < -0.4 is 5.32 Å². The van der Waals surface area contributed by atoms with Gasteiger partial charge in [0.1, 0.15) is 11.2 Å². The van der Waals surface area contributed by atoms with E-state index in [1.165, 1.54) is 22.8 Å². The van der Waals surface area contributed by atoms with Gasteiger partial charge in [0.2, 0.25) is 0 Å². The Bertz CT molecular complexity index is 708. The van der Waals surface area contributed by atoms with Crippen LogP contribution in [0.3, 0.4) is 0 Å². The van der Waals surface area contributed by atoms with Gasteiger partial charge in [-0.2, -0.15) is 0 Å². The van der Waals surface area contributed by atoms with Crippen molar-refractivity contribution >= 4 is 21.9 Å². The second-order valence-electron chi connectivity index (χ2n) is 5.25. The average molecular weight is 267 g/mol. The summed E-state index contributed by atoms with van der Waals surface area (Å²) in [5, 5.41) is 6.00. The fourth-order valence-electron chi connectivity index (χ4n) is 2.88. The van der Waals surface area contributed by atoms with E-state index >= 15 is 0 Å². The van der Waals surface area contributed by atoms with E-state index in [0.29, 0.717) is 6.04 Å². The molecule has 2 heteroatoms. The van der Waals surface area contributed by atoms with E-state index in [1.54, 1.807) is 0 Å². The lowest BCUT2D eigenvalue weighted by Gasteiger charge is -2.17. The van der Waals surface area contributed by atoms with Gasteiger partial charge in [-0.1, -0.05) is 44.5 Å². The van der Waals surface area contributed by atoms with Gasteiger partial charge in [0.05, 0.1) is 0 Å². The van der Waals surface area contributed by atoms with Crippen molar-refractivity contribution in [3.8, 4) is 0 Å². The summed E-state index contributed by atoms with van der Waals surface area (Å²) in [5.41, 5.74) is 3.30. The van der Waals surface area contributed by atoms with Crippen molar-refractivity contribution in [3.05, 3.63) is 48.0 Å². The van der Waals surface area contributed by atoms with Crippen LogP contribution in [0.4, 0.5) is 0 Å². The highest BCUT2D eigenvalue weighted by molar-refractivity contribution is 6.05. The van der Waals surface area contributed by atoms with Gasteiger partial charge in [-0.3, -0.25) is 0 Å². The zero-order valence-corrected chi connectivity index (χ0v) is 12.1. The van der Waals surface area contributed by atoms with Crippen LogP contribution in [0.25, 0.3) is 21.9 Å². The molecule has 0 aliphatic heterocycles. The Kier molecular flexibility index (Phi) is 3.75. The van der Waals surface area contributed by atoms with Gasteiger partial charge in [0.25, 0.3) is 0 Å². The van der Waals surface area contributed by atoms with Crippen LogP contribution in [-0.2, 0) is 0 Å². The highest BCUT2D eigenvalue weighted by Gasteiger charge is 2.12. The normalized spacial score (nSPS) is 13.1. The predicted octanol–water partition coefficient (Wildman–Crippen LogP) is 5.04.